The Labute approximate surface area is 141 Å². The lowest BCUT2D eigenvalue weighted by Gasteiger charge is -2.13. The van der Waals surface area contributed by atoms with Crippen molar-refractivity contribution in [3.63, 3.8) is 0 Å². The quantitative estimate of drug-likeness (QED) is 0.762. The number of anilines is 1. The van der Waals surface area contributed by atoms with Gasteiger partial charge in [-0.1, -0.05) is 38.5 Å². The van der Waals surface area contributed by atoms with Crippen LogP contribution in [0.4, 0.5) is 5.82 Å². The molecule has 0 unspecified atom stereocenters. The van der Waals surface area contributed by atoms with Crippen molar-refractivity contribution in [1.29, 1.82) is 0 Å². The second-order valence-corrected chi connectivity index (χ2v) is 8.50. The van der Waals surface area contributed by atoms with Crippen LogP contribution in [0.2, 0.25) is 0 Å². The number of nitrogens with zero attached hydrogens (tertiary/aromatic N) is 2. The molecule has 2 heterocycles. The summed E-state index contributed by atoms with van der Waals surface area (Å²) in [6, 6.07) is 10.1. The van der Waals surface area contributed by atoms with Crippen molar-refractivity contribution in [2.75, 3.05) is 4.72 Å². The number of hydrogen-bond donors (Lipinski definition) is 2. The van der Waals surface area contributed by atoms with Gasteiger partial charge in [-0.3, -0.25) is 4.72 Å². The Morgan fingerprint density at radius 1 is 1.00 bits per heavy atom. The van der Waals surface area contributed by atoms with E-state index in [1.807, 2.05) is 27.7 Å². The molecule has 6 nitrogen and oxygen atoms in total. The number of imidazole rings is 1. The number of nitrogens with one attached hydrogen (secondary N) is 2. The van der Waals surface area contributed by atoms with Crippen molar-refractivity contribution >= 4 is 27.0 Å². The predicted octanol–water partition coefficient (Wildman–Crippen LogP) is 3.36. The van der Waals surface area contributed by atoms with Gasteiger partial charge >= 0.3 is 0 Å². The lowest BCUT2D eigenvalue weighted by molar-refractivity contribution is 0.554. The van der Waals surface area contributed by atoms with Crippen LogP contribution in [0.5, 0.6) is 0 Å². The van der Waals surface area contributed by atoms with Gasteiger partial charge < -0.3 is 4.98 Å². The Kier molecular flexibility index (Phi) is 3.83. The third-order valence-electron chi connectivity index (χ3n) is 3.63. The number of benzene rings is 1. The normalized spacial score (nSPS) is 12.5. The molecule has 24 heavy (non-hydrogen) atoms. The maximum absolute atomic E-state index is 12.4. The van der Waals surface area contributed by atoms with Crippen molar-refractivity contribution < 1.29 is 8.42 Å². The fraction of sp³-hybridized carbons (Fsp3) is 0.294. The molecule has 0 fully saturated rings. The first kappa shape index (κ1) is 16.4. The number of pyridine rings is 1. The van der Waals surface area contributed by atoms with Crippen molar-refractivity contribution in [2.24, 2.45) is 0 Å². The van der Waals surface area contributed by atoms with Gasteiger partial charge in [-0.05, 0) is 31.2 Å². The zero-order valence-electron chi connectivity index (χ0n) is 14.1. The number of fused-ring (bicyclic) bond motifs is 1. The van der Waals surface area contributed by atoms with Crippen LogP contribution in [0.15, 0.2) is 41.3 Å². The van der Waals surface area contributed by atoms with Crippen LogP contribution in [0.25, 0.3) is 11.2 Å². The van der Waals surface area contributed by atoms with Gasteiger partial charge in [-0.2, -0.15) is 0 Å². The fourth-order valence-electron chi connectivity index (χ4n) is 2.22. The molecule has 3 aromatic rings. The summed E-state index contributed by atoms with van der Waals surface area (Å²) in [5.74, 6) is 1.05. The summed E-state index contributed by atoms with van der Waals surface area (Å²) in [4.78, 5) is 12.2. The standard InChI is InChI=1S/C17H20N4O2S/c1-11-5-7-12(8-6-11)24(22,23)21-14-10-9-13-15(19-14)20-16(18-13)17(2,3)4/h5-10H,1-4H3,(H2,18,19,20,21). The minimum Gasteiger partial charge on any atom is -0.340 e. The monoisotopic (exact) mass is 344 g/mol. The van der Waals surface area contributed by atoms with Crippen molar-refractivity contribution in [3.8, 4) is 0 Å². The summed E-state index contributed by atoms with van der Waals surface area (Å²) in [5.41, 5.74) is 2.13. The van der Waals surface area contributed by atoms with Gasteiger partial charge in [0, 0.05) is 5.41 Å². The largest absolute Gasteiger partial charge is 0.340 e. The SMILES string of the molecule is Cc1ccc(S(=O)(=O)Nc2ccc3[nH]c(C(C)(C)C)nc3n2)cc1. The van der Waals surface area contributed by atoms with Crippen LogP contribution in [-0.2, 0) is 15.4 Å². The number of hydrogen-bond acceptors (Lipinski definition) is 4. The highest BCUT2D eigenvalue weighted by Gasteiger charge is 2.20. The molecular weight excluding hydrogens is 324 g/mol. The van der Waals surface area contributed by atoms with E-state index in [-0.39, 0.29) is 16.1 Å². The summed E-state index contributed by atoms with van der Waals surface area (Å²) < 4.78 is 27.4. The Balaban J connectivity index is 1.93. The lowest BCUT2D eigenvalue weighted by Crippen LogP contribution is -2.14. The first-order valence-corrected chi connectivity index (χ1v) is 9.10. The third-order valence-corrected chi connectivity index (χ3v) is 5.00. The van der Waals surface area contributed by atoms with Crippen LogP contribution >= 0.6 is 0 Å². The third kappa shape index (κ3) is 3.26. The summed E-state index contributed by atoms with van der Waals surface area (Å²) in [6.45, 7) is 8.05. The molecule has 0 atom stereocenters. The van der Waals surface area contributed by atoms with Gasteiger partial charge in [0.2, 0.25) is 0 Å². The van der Waals surface area contributed by atoms with Crippen LogP contribution in [0.1, 0.15) is 32.2 Å². The summed E-state index contributed by atoms with van der Waals surface area (Å²) in [7, 11) is -3.67. The van der Waals surface area contributed by atoms with Crippen molar-refractivity contribution in [1.82, 2.24) is 15.0 Å². The van der Waals surface area contributed by atoms with E-state index in [0.717, 1.165) is 16.9 Å². The average molecular weight is 344 g/mol. The van der Waals surface area contributed by atoms with Gasteiger partial charge in [0.25, 0.3) is 10.0 Å². The lowest BCUT2D eigenvalue weighted by atomic mass is 9.96. The highest BCUT2D eigenvalue weighted by atomic mass is 32.2. The Bertz CT molecular complexity index is 984. The van der Waals surface area contributed by atoms with E-state index in [1.54, 1.807) is 36.4 Å². The van der Waals surface area contributed by atoms with E-state index < -0.39 is 10.0 Å². The van der Waals surface area contributed by atoms with Crippen molar-refractivity contribution in [3.05, 3.63) is 47.8 Å². The molecular formula is C17H20N4O2S. The number of aromatic amines is 1. The zero-order valence-corrected chi connectivity index (χ0v) is 14.9. The summed E-state index contributed by atoms with van der Waals surface area (Å²) >= 11 is 0. The molecule has 0 saturated carbocycles. The Morgan fingerprint density at radius 3 is 2.29 bits per heavy atom. The molecule has 0 saturated heterocycles. The number of H-pyrrole nitrogens is 1. The molecule has 2 N–H and O–H groups in total. The van der Waals surface area contributed by atoms with E-state index in [9.17, 15) is 8.42 Å². The highest BCUT2D eigenvalue weighted by molar-refractivity contribution is 7.92. The first-order chi connectivity index (χ1) is 11.1. The van der Waals surface area contributed by atoms with Gasteiger partial charge in [0.1, 0.15) is 11.6 Å². The van der Waals surface area contributed by atoms with Gasteiger partial charge in [-0.25, -0.2) is 18.4 Å². The molecule has 0 bridgehead atoms. The maximum atomic E-state index is 12.4. The summed E-state index contributed by atoms with van der Waals surface area (Å²) in [5, 5.41) is 0. The zero-order chi connectivity index (χ0) is 17.5. The molecule has 7 heteroatoms. The maximum Gasteiger partial charge on any atom is 0.263 e. The molecule has 126 valence electrons. The Hall–Kier alpha value is -2.41. The van der Waals surface area contributed by atoms with E-state index >= 15 is 0 Å². The van der Waals surface area contributed by atoms with Gasteiger partial charge in [0.15, 0.2) is 5.65 Å². The number of aromatic nitrogens is 3. The molecule has 0 aliphatic rings. The minimum absolute atomic E-state index is 0.137. The molecule has 1 aromatic carbocycles. The number of sulfonamides is 1. The van der Waals surface area contributed by atoms with Gasteiger partial charge in [-0.15, -0.1) is 0 Å². The van der Waals surface area contributed by atoms with Crippen LogP contribution < -0.4 is 4.72 Å². The summed E-state index contributed by atoms with van der Waals surface area (Å²) in [6.07, 6.45) is 0. The van der Waals surface area contributed by atoms with Crippen LogP contribution in [0, 0.1) is 6.92 Å². The van der Waals surface area contributed by atoms with E-state index in [4.69, 9.17) is 0 Å². The van der Waals surface area contributed by atoms with Crippen molar-refractivity contribution in [2.45, 2.75) is 38.0 Å². The first-order valence-electron chi connectivity index (χ1n) is 7.62. The molecule has 2 aromatic heterocycles. The van der Waals surface area contributed by atoms with E-state index in [2.05, 4.69) is 19.7 Å². The van der Waals surface area contributed by atoms with Gasteiger partial charge in [0.05, 0.1) is 10.4 Å². The molecule has 0 amide bonds. The Morgan fingerprint density at radius 2 is 1.67 bits per heavy atom. The topological polar surface area (TPSA) is 87.7 Å². The predicted molar refractivity (Wildman–Crippen MR) is 94.6 cm³/mol. The molecule has 0 aliphatic carbocycles. The number of rotatable bonds is 3. The van der Waals surface area contributed by atoms with E-state index in [0.29, 0.717) is 5.65 Å². The second kappa shape index (κ2) is 5.59. The molecule has 0 aliphatic heterocycles. The fourth-order valence-corrected chi connectivity index (χ4v) is 3.22. The van der Waals surface area contributed by atoms with Crippen LogP contribution in [-0.4, -0.2) is 23.4 Å². The number of aryl methyl sites for hydroxylation is 1. The average Bonchev–Trinajstić information content (AvgIpc) is 2.90. The highest BCUT2D eigenvalue weighted by Crippen LogP contribution is 2.23. The smallest absolute Gasteiger partial charge is 0.263 e. The molecule has 3 rings (SSSR count). The molecule has 0 radical (unpaired) electrons. The van der Waals surface area contributed by atoms with Crippen LogP contribution in [0.3, 0.4) is 0 Å². The molecule has 0 spiro atoms. The minimum atomic E-state index is -3.67. The van der Waals surface area contributed by atoms with E-state index in [1.165, 1.54) is 0 Å². The second-order valence-electron chi connectivity index (χ2n) is 6.82.